The summed E-state index contributed by atoms with van der Waals surface area (Å²) in [5.41, 5.74) is 5.33. The quantitative estimate of drug-likeness (QED) is 0.720. The molecule has 4 heteroatoms. The number of hydrogen-bond donors (Lipinski definition) is 2. The van der Waals surface area contributed by atoms with Crippen molar-refractivity contribution < 1.29 is 0 Å². The van der Waals surface area contributed by atoms with Crippen molar-refractivity contribution in [3.8, 4) is 0 Å². The summed E-state index contributed by atoms with van der Waals surface area (Å²) in [6, 6.07) is 18.2. The first-order valence-electron chi connectivity index (χ1n) is 7.62. The second kappa shape index (κ2) is 6.48. The monoisotopic (exact) mass is 304 g/mol. The molecule has 2 aromatic carbocycles. The molecule has 1 heterocycles. The van der Waals surface area contributed by atoms with Crippen LogP contribution < -0.4 is 10.6 Å². The normalized spacial score (nSPS) is 10.4. The van der Waals surface area contributed by atoms with E-state index in [-0.39, 0.29) is 0 Å². The summed E-state index contributed by atoms with van der Waals surface area (Å²) >= 11 is 0. The van der Waals surface area contributed by atoms with Gasteiger partial charge >= 0.3 is 0 Å². The van der Waals surface area contributed by atoms with E-state index < -0.39 is 0 Å². The Kier molecular flexibility index (Phi) is 4.24. The minimum Gasteiger partial charge on any atom is -0.340 e. The zero-order valence-corrected chi connectivity index (χ0v) is 13.6. The van der Waals surface area contributed by atoms with Crippen LogP contribution in [-0.2, 0) is 0 Å². The van der Waals surface area contributed by atoms with Gasteiger partial charge < -0.3 is 10.6 Å². The molecule has 3 rings (SSSR count). The average Bonchev–Trinajstić information content (AvgIpc) is 2.51. The Morgan fingerprint density at radius 3 is 2.26 bits per heavy atom. The van der Waals surface area contributed by atoms with Crippen LogP contribution in [0.1, 0.15) is 16.8 Å². The maximum atomic E-state index is 4.55. The van der Waals surface area contributed by atoms with E-state index in [2.05, 4.69) is 52.6 Å². The van der Waals surface area contributed by atoms with Crippen LogP contribution in [-0.4, -0.2) is 9.97 Å². The van der Waals surface area contributed by atoms with Gasteiger partial charge in [0.1, 0.15) is 5.82 Å². The number of anilines is 4. The first kappa shape index (κ1) is 15.0. The van der Waals surface area contributed by atoms with Crippen molar-refractivity contribution in [3.05, 3.63) is 71.4 Å². The highest BCUT2D eigenvalue weighted by Crippen LogP contribution is 2.21. The van der Waals surface area contributed by atoms with Gasteiger partial charge in [-0.25, -0.2) is 4.98 Å². The molecule has 3 aromatic rings. The first-order chi connectivity index (χ1) is 11.1. The van der Waals surface area contributed by atoms with Gasteiger partial charge in [-0.1, -0.05) is 35.9 Å². The molecule has 0 amide bonds. The largest absolute Gasteiger partial charge is 0.340 e. The molecule has 0 aliphatic carbocycles. The summed E-state index contributed by atoms with van der Waals surface area (Å²) in [4.78, 5) is 9.01. The number of nitrogens with one attached hydrogen (secondary N) is 2. The van der Waals surface area contributed by atoms with Crippen molar-refractivity contribution in [1.82, 2.24) is 9.97 Å². The summed E-state index contributed by atoms with van der Waals surface area (Å²) in [7, 11) is 0. The second-order valence-corrected chi connectivity index (χ2v) is 5.65. The van der Waals surface area contributed by atoms with Gasteiger partial charge in [-0.2, -0.15) is 4.98 Å². The van der Waals surface area contributed by atoms with Crippen LogP contribution in [0.3, 0.4) is 0 Å². The third kappa shape index (κ3) is 3.86. The lowest BCUT2D eigenvalue weighted by Gasteiger charge is -2.11. The van der Waals surface area contributed by atoms with Crippen molar-refractivity contribution in [2.75, 3.05) is 10.6 Å². The van der Waals surface area contributed by atoms with Gasteiger partial charge in [-0.15, -0.1) is 0 Å². The molecule has 0 fully saturated rings. The Morgan fingerprint density at radius 1 is 0.783 bits per heavy atom. The summed E-state index contributed by atoms with van der Waals surface area (Å²) in [5, 5.41) is 6.61. The molecule has 23 heavy (non-hydrogen) atoms. The fourth-order valence-electron chi connectivity index (χ4n) is 2.31. The highest BCUT2D eigenvalue weighted by atomic mass is 15.1. The van der Waals surface area contributed by atoms with Crippen LogP contribution in [0.25, 0.3) is 0 Å². The molecule has 4 nitrogen and oxygen atoms in total. The SMILES string of the molecule is Cc1ccc(Nc2nc(C)cc(Nc3ccccc3C)n2)cc1. The molecule has 0 radical (unpaired) electrons. The summed E-state index contributed by atoms with van der Waals surface area (Å²) in [6.45, 7) is 6.10. The van der Waals surface area contributed by atoms with Gasteiger partial charge in [0.15, 0.2) is 0 Å². The number of aromatic nitrogens is 2. The molecule has 1 aromatic heterocycles. The fraction of sp³-hybridized carbons (Fsp3) is 0.158. The summed E-state index contributed by atoms with van der Waals surface area (Å²) in [6.07, 6.45) is 0. The lowest BCUT2D eigenvalue weighted by Crippen LogP contribution is -2.03. The van der Waals surface area contributed by atoms with Gasteiger partial charge in [0.2, 0.25) is 5.95 Å². The molecule has 0 atom stereocenters. The van der Waals surface area contributed by atoms with Crippen LogP contribution in [0.4, 0.5) is 23.1 Å². The van der Waals surface area contributed by atoms with E-state index >= 15 is 0 Å². The van der Waals surface area contributed by atoms with Crippen LogP contribution in [0.2, 0.25) is 0 Å². The molecule has 0 aliphatic heterocycles. The molecule has 0 unspecified atom stereocenters. The zero-order chi connectivity index (χ0) is 16.2. The predicted molar refractivity (Wildman–Crippen MR) is 95.7 cm³/mol. The van der Waals surface area contributed by atoms with Crippen molar-refractivity contribution in [3.63, 3.8) is 0 Å². The van der Waals surface area contributed by atoms with Crippen LogP contribution in [0, 0.1) is 20.8 Å². The topological polar surface area (TPSA) is 49.8 Å². The van der Waals surface area contributed by atoms with Crippen molar-refractivity contribution >= 4 is 23.1 Å². The average molecular weight is 304 g/mol. The van der Waals surface area contributed by atoms with Crippen LogP contribution >= 0.6 is 0 Å². The van der Waals surface area contributed by atoms with Crippen LogP contribution in [0.15, 0.2) is 54.6 Å². The zero-order valence-electron chi connectivity index (χ0n) is 13.6. The molecular formula is C19H20N4. The Labute approximate surface area is 136 Å². The third-order valence-corrected chi connectivity index (χ3v) is 3.57. The Hall–Kier alpha value is -2.88. The molecule has 0 spiro atoms. The molecule has 116 valence electrons. The first-order valence-corrected chi connectivity index (χ1v) is 7.62. The minimum absolute atomic E-state index is 0.588. The lowest BCUT2D eigenvalue weighted by molar-refractivity contribution is 1.11. The third-order valence-electron chi connectivity index (χ3n) is 3.57. The highest BCUT2D eigenvalue weighted by molar-refractivity contribution is 5.62. The smallest absolute Gasteiger partial charge is 0.229 e. The number of para-hydroxylation sites is 1. The van der Waals surface area contributed by atoms with E-state index in [0.717, 1.165) is 22.9 Å². The van der Waals surface area contributed by atoms with E-state index in [4.69, 9.17) is 0 Å². The Morgan fingerprint density at radius 2 is 1.52 bits per heavy atom. The van der Waals surface area contributed by atoms with E-state index in [0.29, 0.717) is 5.95 Å². The molecular weight excluding hydrogens is 284 g/mol. The molecule has 0 bridgehead atoms. The van der Waals surface area contributed by atoms with Gasteiger partial charge in [0, 0.05) is 23.1 Å². The molecule has 0 saturated carbocycles. The summed E-state index contributed by atoms with van der Waals surface area (Å²) in [5.74, 6) is 1.37. The van der Waals surface area contributed by atoms with Crippen LogP contribution in [0.5, 0.6) is 0 Å². The maximum Gasteiger partial charge on any atom is 0.229 e. The number of hydrogen-bond acceptors (Lipinski definition) is 4. The molecule has 0 aliphatic rings. The maximum absolute atomic E-state index is 4.55. The second-order valence-electron chi connectivity index (χ2n) is 5.65. The standard InChI is InChI=1S/C19H20N4/c1-13-8-10-16(11-9-13)21-19-20-15(3)12-18(23-19)22-17-7-5-4-6-14(17)2/h4-12H,1-3H3,(H2,20,21,22,23). The molecule has 0 saturated heterocycles. The number of aryl methyl sites for hydroxylation is 3. The lowest BCUT2D eigenvalue weighted by atomic mass is 10.2. The number of rotatable bonds is 4. The number of benzene rings is 2. The van der Waals surface area contributed by atoms with E-state index in [1.807, 2.05) is 43.3 Å². The van der Waals surface area contributed by atoms with Crippen molar-refractivity contribution in [2.45, 2.75) is 20.8 Å². The number of nitrogens with zero attached hydrogens (tertiary/aromatic N) is 2. The van der Waals surface area contributed by atoms with E-state index in [1.54, 1.807) is 0 Å². The van der Waals surface area contributed by atoms with Crippen molar-refractivity contribution in [2.24, 2.45) is 0 Å². The van der Waals surface area contributed by atoms with Gasteiger partial charge in [0.05, 0.1) is 0 Å². The Bertz CT molecular complexity index is 810. The van der Waals surface area contributed by atoms with Gasteiger partial charge in [-0.3, -0.25) is 0 Å². The molecule has 2 N–H and O–H groups in total. The van der Waals surface area contributed by atoms with Gasteiger partial charge in [0.25, 0.3) is 0 Å². The van der Waals surface area contributed by atoms with Gasteiger partial charge in [-0.05, 0) is 44.5 Å². The Balaban J connectivity index is 1.84. The highest BCUT2D eigenvalue weighted by Gasteiger charge is 2.05. The fourth-order valence-corrected chi connectivity index (χ4v) is 2.31. The predicted octanol–water partition coefficient (Wildman–Crippen LogP) is 4.89. The summed E-state index contributed by atoms with van der Waals surface area (Å²) < 4.78 is 0. The minimum atomic E-state index is 0.588. The van der Waals surface area contributed by atoms with E-state index in [1.165, 1.54) is 11.1 Å². The van der Waals surface area contributed by atoms with E-state index in [9.17, 15) is 0 Å². The van der Waals surface area contributed by atoms with Crippen molar-refractivity contribution in [1.29, 1.82) is 0 Å².